The molecule has 8 heteroatoms. The molecule has 31 heavy (non-hydrogen) atoms. The van der Waals surface area contributed by atoms with Gasteiger partial charge in [0.2, 0.25) is 0 Å². The second kappa shape index (κ2) is 8.51. The fraction of sp³-hybridized carbons (Fsp3) is 0.130. The Bertz CT molecular complexity index is 1130. The highest BCUT2D eigenvalue weighted by atomic mass is 19.4. The predicted octanol–water partition coefficient (Wildman–Crippen LogP) is 5.16. The number of aromatic nitrogens is 1. The molecule has 2 heterocycles. The van der Waals surface area contributed by atoms with Crippen molar-refractivity contribution in [3.63, 3.8) is 0 Å². The van der Waals surface area contributed by atoms with Crippen molar-refractivity contribution >= 4 is 28.5 Å². The molecule has 158 valence electrons. The van der Waals surface area contributed by atoms with Crippen molar-refractivity contribution in [1.82, 2.24) is 4.98 Å². The number of rotatable bonds is 6. The van der Waals surface area contributed by atoms with Crippen LogP contribution in [0.5, 0.6) is 0 Å². The molecule has 3 N–H and O–H groups in total. The molecule has 1 amide bonds. The molecule has 0 radical (unpaired) electrons. The molecule has 1 aromatic heterocycles. The maximum absolute atomic E-state index is 13.6. The fourth-order valence-electron chi connectivity index (χ4n) is 3.33. The Morgan fingerprint density at radius 3 is 2.61 bits per heavy atom. The predicted molar refractivity (Wildman–Crippen MR) is 115 cm³/mol. The second-order valence-electron chi connectivity index (χ2n) is 6.96. The van der Waals surface area contributed by atoms with E-state index in [1.807, 2.05) is 12.1 Å². The Labute approximate surface area is 177 Å². The minimum absolute atomic E-state index is 0.00871. The van der Waals surface area contributed by atoms with E-state index < -0.39 is 11.7 Å². The molecule has 0 saturated heterocycles. The summed E-state index contributed by atoms with van der Waals surface area (Å²) in [5.41, 5.74) is 1.96. The Hall–Kier alpha value is -3.81. The zero-order chi connectivity index (χ0) is 21.8. The number of para-hydroxylation sites is 1. The van der Waals surface area contributed by atoms with Gasteiger partial charge in [0.15, 0.2) is 0 Å². The number of anilines is 3. The number of carbonyl (C=O) groups excluding carboxylic acids is 1. The van der Waals surface area contributed by atoms with Gasteiger partial charge in [-0.2, -0.15) is 13.2 Å². The maximum Gasteiger partial charge on any atom is 0.418 e. The Balaban J connectivity index is 1.51. The number of pyridine rings is 1. The highest BCUT2D eigenvalue weighted by Crippen LogP contribution is 2.37. The topological polar surface area (TPSA) is 66.1 Å². The molecule has 0 unspecified atom stereocenters. The normalized spacial score (nSPS) is 14.3. The lowest BCUT2D eigenvalue weighted by molar-refractivity contribution is -0.136. The average Bonchev–Trinajstić information content (AvgIpc) is 3.08. The molecule has 5 nitrogen and oxygen atoms in total. The summed E-state index contributed by atoms with van der Waals surface area (Å²) in [6.07, 6.45) is -0.965. The number of amides is 1. The summed E-state index contributed by atoms with van der Waals surface area (Å²) >= 11 is 0. The monoisotopic (exact) mass is 424 g/mol. The average molecular weight is 424 g/mol. The van der Waals surface area contributed by atoms with E-state index in [1.165, 1.54) is 18.3 Å². The summed E-state index contributed by atoms with van der Waals surface area (Å²) in [6.45, 7) is 0.313. The Morgan fingerprint density at radius 2 is 1.84 bits per heavy atom. The summed E-state index contributed by atoms with van der Waals surface area (Å²) in [4.78, 5) is 16.3. The van der Waals surface area contributed by atoms with Crippen molar-refractivity contribution in [2.24, 2.45) is 0 Å². The quantitative estimate of drug-likeness (QED) is 0.478. The number of halogens is 3. The van der Waals surface area contributed by atoms with Crippen LogP contribution in [-0.2, 0) is 17.4 Å². The van der Waals surface area contributed by atoms with Gasteiger partial charge in [-0.15, -0.1) is 0 Å². The number of alkyl halides is 3. The lowest BCUT2D eigenvalue weighted by Gasteiger charge is -2.16. The SMILES string of the molecule is O=C1Nc2ccccc2/C1=C\Nc1ccc(NCCc2ccccn2)c(C(F)(F)F)c1. The molecule has 0 atom stereocenters. The van der Waals surface area contributed by atoms with Crippen LogP contribution in [-0.4, -0.2) is 17.4 Å². The van der Waals surface area contributed by atoms with Crippen molar-refractivity contribution in [2.75, 3.05) is 22.5 Å². The van der Waals surface area contributed by atoms with Crippen LogP contribution in [0.4, 0.5) is 30.2 Å². The van der Waals surface area contributed by atoms with Crippen LogP contribution < -0.4 is 16.0 Å². The fourth-order valence-corrected chi connectivity index (χ4v) is 3.33. The second-order valence-corrected chi connectivity index (χ2v) is 6.96. The van der Waals surface area contributed by atoms with Gasteiger partial charge in [-0.05, 0) is 36.4 Å². The van der Waals surface area contributed by atoms with Crippen molar-refractivity contribution in [3.8, 4) is 0 Å². The summed E-state index contributed by atoms with van der Waals surface area (Å²) in [5, 5.41) is 8.39. The zero-order valence-electron chi connectivity index (χ0n) is 16.3. The van der Waals surface area contributed by atoms with Gasteiger partial charge >= 0.3 is 6.18 Å². The van der Waals surface area contributed by atoms with Crippen LogP contribution in [0.15, 0.2) is 73.1 Å². The third-order valence-electron chi connectivity index (χ3n) is 4.84. The third kappa shape index (κ3) is 4.69. The van der Waals surface area contributed by atoms with E-state index in [-0.39, 0.29) is 17.3 Å². The van der Waals surface area contributed by atoms with Crippen LogP contribution in [0, 0.1) is 0 Å². The smallest absolute Gasteiger partial charge is 0.384 e. The molecule has 0 saturated carbocycles. The number of hydrogen-bond acceptors (Lipinski definition) is 4. The van der Waals surface area contributed by atoms with Gasteiger partial charge < -0.3 is 16.0 Å². The van der Waals surface area contributed by atoms with Crippen LogP contribution in [0.3, 0.4) is 0 Å². The van der Waals surface area contributed by atoms with Crippen molar-refractivity contribution in [2.45, 2.75) is 12.6 Å². The first kappa shape index (κ1) is 20.5. The molecule has 0 aliphatic carbocycles. The highest BCUT2D eigenvalue weighted by molar-refractivity contribution is 6.31. The molecule has 4 rings (SSSR count). The van der Waals surface area contributed by atoms with Gasteiger partial charge in [-0.1, -0.05) is 24.3 Å². The van der Waals surface area contributed by atoms with Crippen LogP contribution >= 0.6 is 0 Å². The molecule has 0 fully saturated rings. The molecular formula is C23H19F3N4O. The van der Waals surface area contributed by atoms with Crippen LogP contribution in [0.2, 0.25) is 0 Å². The number of nitrogens with one attached hydrogen (secondary N) is 3. The van der Waals surface area contributed by atoms with Crippen molar-refractivity contribution in [3.05, 3.63) is 89.9 Å². The molecule has 3 aromatic rings. The van der Waals surface area contributed by atoms with E-state index in [9.17, 15) is 18.0 Å². The van der Waals surface area contributed by atoms with Crippen molar-refractivity contribution in [1.29, 1.82) is 0 Å². The summed E-state index contributed by atoms with van der Waals surface area (Å²) in [6, 6.07) is 16.5. The largest absolute Gasteiger partial charge is 0.418 e. The molecular weight excluding hydrogens is 405 g/mol. The van der Waals surface area contributed by atoms with Gasteiger partial charge in [0.05, 0.1) is 11.1 Å². The Morgan fingerprint density at radius 1 is 1.03 bits per heavy atom. The minimum atomic E-state index is -4.53. The summed E-state index contributed by atoms with van der Waals surface area (Å²) in [5.74, 6) is -0.308. The van der Waals surface area contributed by atoms with Gasteiger partial charge in [0.25, 0.3) is 5.91 Å². The number of benzene rings is 2. The third-order valence-corrected chi connectivity index (χ3v) is 4.84. The molecule has 1 aliphatic rings. The minimum Gasteiger partial charge on any atom is -0.384 e. The van der Waals surface area contributed by atoms with E-state index in [1.54, 1.807) is 36.5 Å². The van der Waals surface area contributed by atoms with Gasteiger partial charge in [0, 0.05) is 53.7 Å². The molecule has 2 aromatic carbocycles. The lowest BCUT2D eigenvalue weighted by Crippen LogP contribution is -2.13. The van der Waals surface area contributed by atoms with E-state index in [2.05, 4.69) is 20.9 Å². The number of carbonyl (C=O) groups is 1. The van der Waals surface area contributed by atoms with Crippen molar-refractivity contribution < 1.29 is 18.0 Å². The van der Waals surface area contributed by atoms with E-state index in [0.717, 1.165) is 11.8 Å². The molecule has 0 spiro atoms. The van der Waals surface area contributed by atoms with Gasteiger partial charge in [0.1, 0.15) is 0 Å². The maximum atomic E-state index is 13.6. The highest BCUT2D eigenvalue weighted by Gasteiger charge is 2.34. The first-order valence-electron chi connectivity index (χ1n) is 9.64. The summed E-state index contributed by atoms with van der Waals surface area (Å²) < 4.78 is 40.9. The van der Waals surface area contributed by atoms with E-state index >= 15 is 0 Å². The van der Waals surface area contributed by atoms with Crippen LogP contribution in [0.25, 0.3) is 5.57 Å². The Kier molecular flexibility index (Phi) is 5.62. The number of hydrogen-bond donors (Lipinski definition) is 3. The summed E-state index contributed by atoms with van der Waals surface area (Å²) in [7, 11) is 0. The van der Waals surface area contributed by atoms with Gasteiger partial charge in [-0.3, -0.25) is 9.78 Å². The lowest BCUT2D eigenvalue weighted by atomic mass is 10.1. The molecule has 1 aliphatic heterocycles. The first-order valence-corrected chi connectivity index (χ1v) is 9.64. The van der Waals surface area contributed by atoms with Gasteiger partial charge in [-0.25, -0.2) is 0 Å². The van der Waals surface area contributed by atoms with Crippen LogP contribution in [0.1, 0.15) is 16.8 Å². The molecule has 0 bridgehead atoms. The van der Waals surface area contributed by atoms with E-state index in [4.69, 9.17) is 0 Å². The number of nitrogens with zero attached hydrogens (tertiary/aromatic N) is 1. The standard InChI is InChI=1S/C23H19F3N4O/c24-23(25,26)19-13-16(8-9-21(19)28-12-10-15-5-3-4-11-27-15)29-14-18-17-6-1-2-7-20(17)30-22(18)31/h1-9,11,13-14,28-29H,10,12H2,(H,30,31)/b18-14+. The number of fused-ring (bicyclic) bond motifs is 1. The first-order chi connectivity index (χ1) is 14.9. The van der Waals surface area contributed by atoms with E-state index in [0.29, 0.717) is 29.8 Å². The zero-order valence-corrected chi connectivity index (χ0v) is 16.3.